The van der Waals surface area contributed by atoms with Crippen LogP contribution < -0.4 is 5.32 Å². The van der Waals surface area contributed by atoms with Gasteiger partial charge in [-0.25, -0.2) is 4.39 Å². The SMILES string of the molecule is CC(C)(C)CC(C)(C)[NH2+]Cc1ccccc1F. The van der Waals surface area contributed by atoms with E-state index >= 15 is 0 Å². The van der Waals surface area contributed by atoms with E-state index in [0.29, 0.717) is 12.0 Å². The molecule has 0 aliphatic carbocycles. The van der Waals surface area contributed by atoms with Gasteiger partial charge in [0.25, 0.3) is 0 Å². The Hall–Kier alpha value is -0.890. The first-order valence-electron chi connectivity index (χ1n) is 6.27. The molecule has 0 heterocycles. The molecule has 1 nitrogen and oxygen atoms in total. The Bertz CT molecular complexity index is 363. The van der Waals surface area contributed by atoms with Crippen molar-refractivity contribution in [3.63, 3.8) is 0 Å². The van der Waals surface area contributed by atoms with Gasteiger partial charge >= 0.3 is 0 Å². The van der Waals surface area contributed by atoms with Crippen LogP contribution in [0.5, 0.6) is 0 Å². The summed E-state index contributed by atoms with van der Waals surface area (Å²) in [6.07, 6.45) is 1.11. The lowest BCUT2D eigenvalue weighted by atomic mass is 9.82. The number of hydrogen-bond acceptors (Lipinski definition) is 0. The Balaban J connectivity index is 2.59. The molecule has 0 radical (unpaired) electrons. The third-order valence-corrected chi connectivity index (χ3v) is 2.82. The Morgan fingerprint density at radius 3 is 2.18 bits per heavy atom. The molecule has 0 aromatic heterocycles. The largest absolute Gasteiger partial charge is 0.338 e. The van der Waals surface area contributed by atoms with E-state index in [0.717, 1.165) is 12.0 Å². The molecule has 0 bridgehead atoms. The molecule has 1 aromatic rings. The summed E-state index contributed by atoms with van der Waals surface area (Å²) in [6, 6.07) is 7.01. The van der Waals surface area contributed by atoms with Crippen molar-refractivity contribution in [1.29, 1.82) is 0 Å². The molecule has 2 N–H and O–H groups in total. The van der Waals surface area contributed by atoms with E-state index < -0.39 is 0 Å². The number of quaternary nitrogens is 1. The molecule has 0 aliphatic rings. The maximum absolute atomic E-state index is 13.5. The van der Waals surface area contributed by atoms with Crippen molar-refractivity contribution in [2.24, 2.45) is 5.41 Å². The van der Waals surface area contributed by atoms with Gasteiger partial charge in [0, 0.05) is 12.0 Å². The minimum Gasteiger partial charge on any atom is -0.338 e. The van der Waals surface area contributed by atoms with Crippen molar-refractivity contribution < 1.29 is 9.71 Å². The molecule has 0 saturated heterocycles. The highest BCUT2D eigenvalue weighted by atomic mass is 19.1. The summed E-state index contributed by atoms with van der Waals surface area (Å²) in [5, 5.41) is 2.23. The predicted molar refractivity (Wildman–Crippen MR) is 70.2 cm³/mol. The fourth-order valence-electron chi connectivity index (χ4n) is 2.49. The maximum Gasteiger partial charge on any atom is 0.132 e. The molecule has 0 saturated carbocycles. The highest BCUT2D eigenvalue weighted by Crippen LogP contribution is 2.24. The smallest absolute Gasteiger partial charge is 0.132 e. The highest BCUT2D eigenvalue weighted by Gasteiger charge is 2.28. The molecule has 0 spiro atoms. The molecular formula is C15H25FN+. The van der Waals surface area contributed by atoms with Crippen molar-refractivity contribution in [1.82, 2.24) is 0 Å². The first kappa shape index (κ1) is 14.2. The Morgan fingerprint density at radius 1 is 1.06 bits per heavy atom. The minimum absolute atomic E-state index is 0.102. The summed E-state index contributed by atoms with van der Waals surface area (Å²) in [5.41, 5.74) is 1.23. The standard InChI is InChI=1S/C15H24FN/c1-14(2,3)11-15(4,5)17-10-12-8-6-7-9-13(12)16/h6-9,17H,10-11H2,1-5H3/p+1. The summed E-state index contributed by atoms with van der Waals surface area (Å²) in [4.78, 5) is 0. The number of rotatable bonds is 4. The van der Waals surface area contributed by atoms with Crippen LogP contribution in [-0.4, -0.2) is 5.54 Å². The van der Waals surface area contributed by atoms with Crippen LogP contribution in [0.3, 0.4) is 0 Å². The molecule has 0 fully saturated rings. The van der Waals surface area contributed by atoms with Crippen molar-refractivity contribution in [3.8, 4) is 0 Å². The van der Waals surface area contributed by atoms with Crippen molar-refractivity contribution >= 4 is 0 Å². The molecule has 0 atom stereocenters. The second kappa shape index (κ2) is 5.18. The van der Waals surface area contributed by atoms with Gasteiger partial charge in [0.15, 0.2) is 0 Å². The quantitative estimate of drug-likeness (QED) is 0.830. The van der Waals surface area contributed by atoms with Crippen LogP contribution in [0.25, 0.3) is 0 Å². The van der Waals surface area contributed by atoms with E-state index in [1.165, 1.54) is 6.07 Å². The monoisotopic (exact) mass is 238 g/mol. The third kappa shape index (κ3) is 5.31. The summed E-state index contributed by atoms with van der Waals surface area (Å²) in [7, 11) is 0. The van der Waals surface area contributed by atoms with Crippen LogP contribution in [0.2, 0.25) is 0 Å². The topological polar surface area (TPSA) is 16.6 Å². The molecule has 17 heavy (non-hydrogen) atoms. The lowest BCUT2D eigenvalue weighted by Crippen LogP contribution is -2.94. The molecule has 2 heteroatoms. The Morgan fingerprint density at radius 2 is 1.65 bits per heavy atom. The van der Waals surface area contributed by atoms with Crippen LogP contribution in [0.4, 0.5) is 4.39 Å². The second-order valence-electron chi connectivity index (χ2n) is 6.73. The van der Waals surface area contributed by atoms with E-state index in [9.17, 15) is 4.39 Å². The average Bonchev–Trinajstić information content (AvgIpc) is 2.13. The fraction of sp³-hybridized carbons (Fsp3) is 0.600. The normalized spacial score (nSPS) is 12.8. The molecule has 1 aromatic carbocycles. The van der Waals surface area contributed by atoms with Crippen LogP contribution in [0.1, 0.15) is 46.6 Å². The average molecular weight is 238 g/mol. The number of halogens is 1. The predicted octanol–water partition coefficient (Wildman–Crippen LogP) is 3.10. The Labute approximate surface area is 104 Å². The van der Waals surface area contributed by atoms with Crippen molar-refractivity contribution in [3.05, 3.63) is 35.6 Å². The number of hydrogen-bond donors (Lipinski definition) is 1. The van der Waals surface area contributed by atoms with Gasteiger partial charge in [-0.2, -0.15) is 0 Å². The first-order valence-corrected chi connectivity index (χ1v) is 6.27. The molecule has 0 unspecified atom stereocenters. The lowest BCUT2D eigenvalue weighted by Gasteiger charge is -2.30. The molecule has 0 amide bonds. The zero-order chi connectivity index (χ0) is 13.1. The molecule has 1 rings (SSSR count). The van der Waals surface area contributed by atoms with Crippen LogP contribution in [0, 0.1) is 11.2 Å². The highest BCUT2D eigenvalue weighted by molar-refractivity contribution is 5.15. The lowest BCUT2D eigenvalue weighted by molar-refractivity contribution is -0.737. The van der Waals surface area contributed by atoms with Gasteiger partial charge in [0.1, 0.15) is 12.4 Å². The zero-order valence-corrected chi connectivity index (χ0v) is 11.7. The summed E-state index contributed by atoms with van der Waals surface area (Å²) < 4.78 is 13.5. The first-order chi connectivity index (χ1) is 7.70. The molecular weight excluding hydrogens is 213 g/mol. The van der Waals surface area contributed by atoms with Gasteiger partial charge in [-0.3, -0.25) is 0 Å². The second-order valence-corrected chi connectivity index (χ2v) is 6.73. The van der Waals surface area contributed by atoms with Gasteiger partial charge in [-0.05, 0) is 25.3 Å². The van der Waals surface area contributed by atoms with Crippen molar-refractivity contribution in [2.75, 3.05) is 0 Å². The van der Waals surface area contributed by atoms with Gasteiger partial charge < -0.3 is 5.32 Å². The summed E-state index contributed by atoms with van der Waals surface area (Å²) >= 11 is 0. The minimum atomic E-state index is -0.102. The molecule has 0 aliphatic heterocycles. The van der Waals surface area contributed by atoms with Crippen molar-refractivity contribution in [2.45, 2.75) is 53.1 Å². The van der Waals surface area contributed by atoms with E-state index in [1.807, 2.05) is 12.1 Å². The third-order valence-electron chi connectivity index (χ3n) is 2.82. The Kier molecular flexibility index (Phi) is 4.31. The van der Waals surface area contributed by atoms with Gasteiger partial charge in [0.2, 0.25) is 0 Å². The van der Waals surface area contributed by atoms with E-state index in [-0.39, 0.29) is 11.4 Å². The van der Waals surface area contributed by atoms with Gasteiger partial charge in [-0.1, -0.05) is 39.0 Å². The van der Waals surface area contributed by atoms with E-state index in [4.69, 9.17) is 0 Å². The molecule has 96 valence electrons. The maximum atomic E-state index is 13.5. The summed E-state index contributed by atoms with van der Waals surface area (Å²) in [5.74, 6) is -0.102. The number of nitrogens with two attached hydrogens (primary N) is 1. The fourth-order valence-corrected chi connectivity index (χ4v) is 2.49. The zero-order valence-electron chi connectivity index (χ0n) is 11.7. The van der Waals surface area contributed by atoms with E-state index in [2.05, 4.69) is 39.9 Å². The van der Waals surface area contributed by atoms with E-state index in [1.54, 1.807) is 6.07 Å². The van der Waals surface area contributed by atoms with Crippen LogP contribution in [0.15, 0.2) is 24.3 Å². The van der Waals surface area contributed by atoms with Gasteiger partial charge in [0.05, 0.1) is 5.54 Å². The number of benzene rings is 1. The van der Waals surface area contributed by atoms with Crippen LogP contribution >= 0.6 is 0 Å². The summed E-state index contributed by atoms with van der Waals surface area (Å²) in [6.45, 7) is 11.9. The van der Waals surface area contributed by atoms with Gasteiger partial charge in [-0.15, -0.1) is 0 Å². The van der Waals surface area contributed by atoms with Crippen LogP contribution in [-0.2, 0) is 6.54 Å².